The molecule has 15 heavy (non-hydrogen) atoms. The maximum absolute atomic E-state index is 5.99. The molecule has 90 valence electrons. The Morgan fingerprint density at radius 3 is 2.73 bits per heavy atom. The summed E-state index contributed by atoms with van der Waals surface area (Å²) in [6.07, 6.45) is 2.89. The van der Waals surface area contributed by atoms with E-state index in [1.165, 1.54) is 12.8 Å². The summed E-state index contributed by atoms with van der Waals surface area (Å²) in [5.41, 5.74) is -0.00130. The third-order valence-electron chi connectivity index (χ3n) is 3.01. The molecule has 1 aliphatic heterocycles. The van der Waals surface area contributed by atoms with Gasteiger partial charge in [0.1, 0.15) is 0 Å². The number of hydrogen-bond donors (Lipinski definition) is 0. The molecule has 0 amide bonds. The van der Waals surface area contributed by atoms with E-state index in [0.29, 0.717) is 12.1 Å². The number of nitrogens with zero attached hydrogens (tertiary/aromatic N) is 1. The molecule has 1 aliphatic rings. The van der Waals surface area contributed by atoms with Crippen LogP contribution in [0.3, 0.4) is 0 Å². The summed E-state index contributed by atoms with van der Waals surface area (Å²) in [7, 11) is 0. The van der Waals surface area contributed by atoms with Crippen molar-refractivity contribution in [3.05, 3.63) is 0 Å². The number of rotatable bonds is 4. The average molecular weight is 278 g/mol. The Kier molecular flexibility index (Phi) is 5.07. The predicted molar refractivity (Wildman–Crippen MR) is 68.7 cm³/mol. The van der Waals surface area contributed by atoms with Crippen molar-refractivity contribution in [1.82, 2.24) is 4.90 Å². The van der Waals surface area contributed by atoms with Crippen LogP contribution < -0.4 is 0 Å². The number of halogens is 1. The Labute approximate surface area is 102 Å². The molecule has 0 aliphatic carbocycles. The summed E-state index contributed by atoms with van der Waals surface area (Å²) >= 11 is 3.53. The van der Waals surface area contributed by atoms with Gasteiger partial charge in [-0.25, -0.2) is 0 Å². The molecule has 1 saturated heterocycles. The second kappa shape index (κ2) is 5.65. The molecule has 1 heterocycles. The van der Waals surface area contributed by atoms with E-state index in [1.54, 1.807) is 0 Å². The number of hydrogen-bond acceptors (Lipinski definition) is 2. The van der Waals surface area contributed by atoms with E-state index >= 15 is 0 Å². The summed E-state index contributed by atoms with van der Waals surface area (Å²) in [5.74, 6) is 0. The number of alkyl halides is 1. The lowest BCUT2D eigenvalue weighted by atomic mass is 10.0. The first-order valence-electron chi connectivity index (χ1n) is 5.96. The summed E-state index contributed by atoms with van der Waals surface area (Å²) in [4.78, 5) is 2.57. The number of morpholine rings is 1. The molecule has 0 aromatic rings. The highest BCUT2D eigenvalue weighted by molar-refractivity contribution is 9.09. The second-order valence-corrected chi connectivity index (χ2v) is 5.87. The van der Waals surface area contributed by atoms with Gasteiger partial charge < -0.3 is 4.74 Å². The fourth-order valence-corrected chi connectivity index (χ4v) is 2.69. The zero-order valence-electron chi connectivity index (χ0n) is 10.4. The lowest BCUT2D eigenvalue weighted by Crippen LogP contribution is -2.55. The third-order valence-corrected chi connectivity index (χ3v) is 3.73. The van der Waals surface area contributed by atoms with Crippen LogP contribution in [0.25, 0.3) is 0 Å². The minimum absolute atomic E-state index is 0.00130. The normalized spacial score (nSPS) is 29.0. The molecule has 0 N–H and O–H groups in total. The molecular weight excluding hydrogens is 254 g/mol. The molecule has 0 aromatic carbocycles. The standard InChI is InChI=1S/C12H24BrNO/c1-5-6-10(2)14-8-11(7-13)15-12(3,4)9-14/h10-11H,5-9H2,1-4H3. The molecular formula is C12H24BrNO. The number of ether oxygens (including phenoxy) is 1. The molecule has 3 heteroatoms. The molecule has 2 unspecified atom stereocenters. The Bertz CT molecular complexity index is 196. The van der Waals surface area contributed by atoms with E-state index in [-0.39, 0.29) is 5.60 Å². The zero-order chi connectivity index (χ0) is 11.5. The lowest BCUT2D eigenvalue weighted by Gasteiger charge is -2.45. The Balaban J connectivity index is 2.57. The highest BCUT2D eigenvalue weighted by atomic mass is 79.9. The minimum atomic E-state index is -0.00130. The Hall–Kier alpha value is 0.400. The second-order valence-electron chi connectivity index (χ2n) is 5.22. The lowest BCUT2D eigenvalue weighted by molar-refractivity contribution is -0.134. The van der Waals surface area contributed by atoms with E-state index in [0.717, 1.165) is 18.4 Å². The molecule has 0 radical (unpaired) electrons. The molecule has 1 rings (SSSR count). The van der Waals surface area contributed by atoms with E-state index in [2.05, 4.69) is 48.5 Å². The van der Waals surface area contributed by atoms with Crippen LogP contribution in [0.5, 0.6) is 0 Å². The van der Waals surface area contributed by atoms with Gasteiger partial charge in [-0.05, 0) is 27.2 Å². The van der Waals surface area contributed by atoms with Gasteiger partial charge in [-0.3, -0.25) is 4.90 Å². The molecule has 1 fully saturated rings. The van der Waals surface area contributed by atoms with Crippen LogP contribution in [-0.4, -0.2) is 41.1 Å². The van der Waals surface area contributed by atoms with Gasteiger partial charge in [-0.2, -0.15) is 0 Å². The molecule has 2 nitrogen and oxygen atoms in total. The summed E-state index contributed by atoms with van der Waals surface area (Å²) in [6, 6.07) is 0.680. The topological polar surface area (TPSA) is 12.5 Å². The first-order valence-corrected chi connectivity index (χ1v) is 7.08. The fourth-order valence-electron chi connectivity index (χ4n) is 2.36. The van der Waals surface area contributed by atoms with Crippen molar-refractivity contribution < 1.29 is 4.74 Å². The highest BCUT2D eigenvalue weighted by Crippen LogP contribution is 2.24. The third kappa shape index (κ3) is 4.04. The zero-order valence-corrected chi connectivity index (χ0v) is 12.0. The monoisotopic (exact) mass is 277 g/mol. The molecule has 0 bridgehead atoms. The van der Waals surface area contributed by atoms with E-state index in [9.17, 15) is 0 Å². The SMILES string of the molecule is CCCC(C)N1CC(CBr)OC(C)(C)C1. The van der Waals surface area contributed by atoms with Gasteiger partial charge in [-0.15, -0.1) is 0 Å². The first kappa shape index (κ1) is 13.5. The quantitative estimate of drug-likeness (QED) is 0.733. The van der Waals surface area contributed by atoms with Crippen molar-refractivity contribution in [2.24, 2.45) is 0 Å². The Morgan fingerprint density at radius 1 is 1.53 bits per heavy atom. The largest absolute Gasteiger partial charge is 0.369 e. The van der Waals surface area contributed by atoms with Crippen LogP contribution in [0.2, 0.25) is 0 Å². The van der Waals surface area contributed by atoms with Gasteiger partial charge in [0.05, 0.1) is 11.7 Å². The minimum Gasteiger partial charge on any atom is -0.369 e. The van der Waals surface area contributed by atoms with Crippen molar-refractivity contribution in [1.29, 1.82) is 0 Å². The Morgan fingerprint density at radius 2 is 2.20 bits per heavy atom. The molecule has 2 atom stereocenters. The van der Waals surface area contributed by atoms with Crippen LogP contribution in [-0.2, 0) is 4.74 Å². The van der Waals surface area contributed by atoms with Gasteiger partial charge in [0, 0.05) is 24.5 Å². The molecule has 0 spiro atoms. The van der Waals surface area contributed by atoms with Gasteiger partial charge in [0.15, 0.2) is 0 Å². The van der Waals surface area contributed by atoms with E-state index in [1.807, 2.05) is 0 Å². The van der Waals surface area contributed by atoms with Crippen LogP contribution in [0.15, 0.2) is 0 Å². The van der Waals surface area contributed by atoms with Gasteiger partial charge >= 0.3 is 0 Å². The molecule has 0 saturated carbocycles. The van der Waals surface area contributed by atoms with Crippen LogP contribution in [0, 0.1) is 0 Å². The highest BCUT2D eigenvalue weighted by Gasteiger charge is 2.34. The summed E-state index contributed by atoms with van der Waals surface area (Å²) < 4.78 is 5.99. The smallest absolute Gasteiger partial charge is 0.0806 e. The maximum Gasteiger partial charge on any atom is 0.0806 e. The summed E-state index contributed by atoms with van der Waals surface area (Å²) in [6.45, 7) is 11.1. The van der Waals surface area contributed by atoms with Crippen molar-refractivity contribution in [2.75, 3.05) is 18.4 Å². The predicted octanol–water partition coefficient (Wildman–Crippen LogP) is 3.05. The first-order chi connectivity index (χ1) is 6.98. The average Bonchev–Trinajstić information content (AvgIpc) is 2.15. The van der Waals surface area contributed by atoms with Crippen molar-refractivity contribution in [3.63, 3.8) is 0 Å². The van der Waals surface area contributed by atoms with Gasteiger partial charge in [-0.1, -0.05) is 29.3 Å². The van der Waals surface area contributed by atoms with Crippen LogP contribution >= 0.6 is 15.9 Å². The van der Waals surface area contributed by atoms with Gasteiger partial charge in [0.2, 0.25) is 0 Å². The van der Waals surface area contributed by atoms with E-state index in [4.69, 9.17) is 4.74 Å². The van der Waals surface area contributed by atoms with Crippen LogP contribution in [0.4, 0.5) is 0 Å². The van der Waals surface area contributed by atoms with Crippen LogP contribution in [0.1, 0.15) is 40.5 Å². The molecule has 0 aromatic heterocycles. The van der Waals surface area contributed by atoms with Crippen molar-refractivity contribution >= 4 is 15.9 Å². The van der Waals surface area contributed by atoms with Gasteiger partial charge in [0.25, 0.3) is 0 Å². The summed E-state index contributed by atoms with van der Waals surface area (Å²) in [5, 5.41) is 0.936. The fraction of sp³-hybridized carbons (Fsp3) is 1.00. The van der Waals surface area contributed by atoms with E-state index < -0.39 is 0 Å². The van der Waals surface area contributed by atoms with Crippen molar-refractivity contribution in [2.45, 2.75) is 58.3 Å². The van der Waals surface area contributed by atoms with Crippen molar-refractivity contribution in [3.8, 4) is 0 Å². The maximum atomic E-state index is 5.99.